The summed E-state index contributed by atoms with van der Waals surface area (Å²) in [6.07, 6.45) is 2.93. The highest BCUT2D eigenvalue weighted by molar-refractivity contribution is 6.34. The molecule has 190 valence electrons. The number of alkyl halides is 1. The molecule has 5 nitrogen and oxygen atoms in total. The van der Waals surface area contributed by atoms with E-state index in [1.165, 1.54) is 0 Å². The van der Waals surface area contributed by atoms with E-state index in [9.17, 15) is 4.79 Å². The molecule has 0 saturated carbocycles. The van der Waals surface area contributed by atoms with Crippen molar-refractivity contribution in [3.8, 4) is 17.2 Å². The molecule has 1 atom stereocenters. The van der Waals surface area contributed by atoms with Crippen molar-refractivity contribution in [2.24, 2.45) is 0 Å². The van der Waals surface area contributed by atoms with Crippen LogP contribution in [0.4, 0.5) is 0 Å². The summed E-state index contributed by atoms with van der Waals surface area (Å²) in [6.45, 7) is 4.35. The lowest BCUT2D eigenvalue weighted by molar-refractivity contribution is -0.146. The van der Waals surface area contributed by atoms with Crippen LogP contribution in [0.15, 0.2) is 78.9 Å². The number of methoxy groups -OCH3 is 2. The Morgan fingerprint density at radius 1 is 0.806 bits per heavy atom. The molecular weight excluding hydrogens is 476 g/mol. The Balaban J connectivity index is 1.74. The Labute approximate surface area is 218 Å². The summed E-state index contributed by atoms with van der Waals surface area (Å²) in [5, 5.41) is 0. The van der Waals surface area contributed by atoms with Crippen LogP contribution in [0, 0.1) is 0 Å². The summed E-state index contributed by atoms with van der Waals surface area (Å²) < 4.78 is 21.8. The first-order valence-electron chi connectivity index (χ1n) is 12.0. The van der Waals surface area contributed by atoms with E-state index < -0.39 is 4.87 Å². The third-order valence-electron chi connectivity index (χ3n) is 5.95. The Morgan fingerprint density at radius 3 is 1.75 bits per heavy atom. The number of carbonyl (C=O) groups is 1. The molecule has 0 fully saturated rings. The molecule has 3 aromatic carbocycles. The van der Waals surface area contributed by atoms with Gasteiger partial charge >= 0.3 is 5.97 Å². The average molecular weight is 509 g/mol. The Kier molecular flexibility index (Phi) is 9.83. The molecule has 0 aromatic heterocycles. The largest absolute Gasteiger partial charge is 0.497 e. The molecule has 0 spiro atoms. The summed E-state index contributed by atoms with van der Waals surface area (Å²) in [4.78, 5) is 11.2. The molecule has 36 heavy (non-hydrogen) atoms. The molecule has 0 aliphatic rings. The Hall–Kier alpha value is -3.44. The summed E-state index contributed by atoms with van der Waals surface area (Å²) >= 11 is 6.57. The minimum Gasteiger partial charge on any atom is -0.497 e. The molecule has 0 amide bonds. The van der Waals surface area contributed by atoms with Crippen LogP contribution in [-0.2, 0) is 16.0 Å². The van der Waals surface area contributed by atoms with Crippen molar-refractivity contribution < 1.29 is 23.7 Å². The number of carbonyl (C=O) groups excluding carboxylic acids is 1. The van der Waals surface area contributed by atoms with Gasteiger partial charge in [0.2, 0.25) is 0 Å². The van der Waals surface area contributed by atoms with Gasteiger partial charge in [-0.2, -0.15) is 0 Å². The van der Waals surface area contributed by atoms with Crippen LogP contribution in [-0.4, -0.2) is 38.3 Å². The first-order valence-corrected chi connectivity index (χ1v) is 12.4. The van der Waals surface area contributed by atoms with Gasteiger partial charge in [0.1, 0.15) is 28.7 Å². The predicted octanol–water partition coefficient (Wildman–Crippen LogP) is 6.71. The summed E-state index contributed by atoms with van der Waals surface area (Å²) in [5.41, 5.74) is 4.09. The first kappa shape index (κ1) is 27.2. The van der Waals surface area contributed by atoms with E-state index in [0.29, 0.717) is 26.1 Å². The minimum absolute atomic E-state index is 0.308. The first-order chi connectivity index (χ1) is 17.4. The minimum atomic E-state index is -1.06. The molecule has 0 aliphatic heterocycles. The van der Waals surface area contributed by atoms with Crippen LogP contribution in [0.1, 0.15) is 37.0 Å². The van der Waals surface area contributed by atoms with Crippen molar-refractivity contribution in [2.45, 2.75) is 31.6 Å². The quantitative estimate of drug-likeness (QED) is 0.201. The fraction of sp³-hybridized carbons (Fsp3) is 0.300. The Morgan fingerprint density at radius 2 is 1.31 bits per heavy atom. The van der Waals surface area contributed by atoms with Crippen LogP contribution in [0.25, 0.3) is 5.57 Å². The van der Waals surface area contributed by atoms with Crippen LogP contribution in [0.5, 0.6) is 17.2 Å². The van der Waals surface area contributed by atoms with Gasteiger partial charge in [-0.3, -0.25) is 4.79 Å². The molecule has 3 rings (SSSR count). The lowest BCUT2D eigenvalue weighted by atomic mass is 9.96. The van der Waals surface area contributed by atoms with Gasteiger partial charge in [0.15, 0.2) is 0 Å². The summed E-state index contributed by atoms with van der Waals surface area (Å²) in [6, 6.07) is 23.5. The molecule has 0 aliphatic carbocycles. The van der Waals surface area contributed by atoms with Crippen LogP contribution in [0.2, 0.25) is 0 Å². The zero-order valence-corrected chi connectivity index (χ0v) is 22.0. The molecule has 0 bridgehead atoms. The number of rotatable bonds is 12. The van der Waals surface area contributed by atoms with E-state index in [2.05, 4.69) is 6.08 Å². The number of ether oxygens (including phenoxy) is 4. The second-order valence-electron chi connectivity index (χ2n) is 8.25. The molecule has 6 heteroatoms. The number of esters is 1. The maximum atomic E-state index is 12.3. The summed E-state index contributed by atoms with van der Waals surface area (Å²) in [5.74, 6) is 1.95. The maximum Gasteiger partial charge on any atom is 0.327 e. The van der Waals surface area contributed by atoms with E-state index in [1.54, 1.807) is 21.1 Å². The molecule has 0 unspecified atom stereocenters. The monoisotopic (exact) mass is 508 g/mol. The predicted molar refractivity (Wildman–Crippen MR) is 144 cm³/mol. The van der Waals surface area contributed by atoms with Gasteiger partial charge in [-0.1, -0.05) is 43.3 Å². The second-order valence-corrected chi connectivity index (χ2v) is 8.97. The molecular formula is C30H33ClO5. The third-order valence-corrected chi connectivity index (χ3v) is 6.50. The van der Waals surface area contributed by atoms with E-state index in [-0.39, 0.29) is 5.97 Å². The maximum absolute atomic E-state index is 12.3. The van der Waals surface area contributed by atoms with Crippen molar-refractivity contribution in [1.82, 2.24) is 0 Å². The number of benzene rings is 3. The van der Waals surface area contributed by atoms with E-state index in [4.69, 9.17) is 30.5 Å². The SMILES string of the molecule is CCOC(=O)[C@](Cl)(CC)Cc1ccc(OCC=C(c2ccc(OC)cc2)c2ccc(OC)cc2)cc1. The molecule has 0 saturated heterocycles. The lowest BCUT2D eigenvalue weighted by Crippen LogP contribution is -2.36. The second kappa shape index (κ2) is 13.0. The smallest absolute Gasteiger partial charge is 0.327 e. The zero-order chi connectivity index (χ0) is 26.0. The highest BCUT2D eigenvalue weighted by Crippen LogP contribution is 2.29. The average Bonchev–Trinajstić information content (AvgIpc) is 2.92. The van der Waals surface area contributed by atoms with Crippen molar-refractivity contribution in [3.05, 3.63) is 95.6 Å². The van der Waals surface area contributed by atoms with Gasteiger partial charge in [-0.05, 0) is 78.1 Å². The highest BCUT2D eigenvalue weighted by Gasteiger charge is 2.36. The number of hydrogen-bond acceptors (Lipinski definition) is 5. The normalized spacial score (nSPS) is 12.2. The van der Waals surface area contributed by atoms with Crippen molar-refractivity contribution in [3.63, 3.8) is 0 Å². The van der Waals surface area contributed by atoms with Crippen molar-refractivity contribution in [2.75, 3.05) is 27.4 Å². The van der Waals surface area contributed by atoms with Gasteiger partial charge < -0.3 is 18.9 Å². The molecule has 0 radical (unpaired) electrons. The number of halogens is 1. The van der Waals surface area contributed by atoms with Crippen molar-refractivity contribution >= 4 is 23.1 Å². The topological polar surface area (TPSA) is 54.0 Å². The molecule has 0 N–H and O–H groups in total. The van der Waals surface area contributed by atoms with Gasteiger partial charge in [-0.25, -0.2) is 0 Å². The van der Waals surface area contributed by atoms with Crippen LogP contribution >= 0.6 is 11.6 Å². The molecule has 3 aromatic rings. The zero-order valence-electron chi connectivity index (χ0n) is 21.3. The van der Waals surface area contributed by atoms with Crippen molar-refractivity contribution in [1.29, 1.82) is 0 Å². The van der Waals surface area contributed by atoms with Gasteiger partial charge in [-0.15, -0.1) is 11.6 Å². The fourth-order valence-corrected chi connectivity index (χ4v) is 4.00. The van der Waals surface area contributed by atoms with Crippen LogP contribution < -0.4 is 14.2 Å². The highest BCUT2D eigenvalue weighted by atomic mass is 35.5. The van der Waals surface area contributed by atoms with E-state index in [1.807, 2.05) is 79.7 Å². The third kappa shape index (κ3) is 7.05. The summed E-state index contributed by atoms with van der Waals surface area (Å²) in [7, 11) is 3.31. The number of hydrogen-bond donors (Lipinski definition) is 0. The molecule has 0 heterocycles. The van der Waals surface area contributed by atoms with Crippen LogP contribution in [0.3, 0.4) is 0 Å². The van der Waals surface area contributed by atoms with E-state index in [0.717, 1.165) is 39.5 Å². The fourth-order valence-electron chi connectivity index (χ4n) is 3.79. The lowest BCUT2D eigenvalue weighted by Gasteiger charge is -2.23. The van der Waals surface area contributed by atoms with E-state index >= 15 is 0 Å². The Bertz CT molecular complexity index is 1090. The van der Waals surface area contributed by atoms with Gasteiger partial charge in [0.05, 0.1) is 20.8 Å². The van der Waals surface area contributed by atoms with Gasteiger partial charge in [0, 0.05) is 6.42 Å². The van der Waals surface area contributed by atoms with Gasteiger partial charge in [0.25, 0.3) is 0 Å². The standard InChI is InChI=1S/C30H33ClO5/c1-5-30(31,29(32)35-6-2)21-22-7-13-27(14-8-22)36-20-19-28(23-9-15-25(33-3)16-10-23)24-11-17-26(34-4)18-12-24/h7-19H,5-6,20-21H2,1-4H3/t30-/m0/s1.